The molecular formula is C25H32N8O. The molecule has 4 aromatic rings. The van der Waals surface area contributed by atoms with E-state index in [-0.39, 0.29) is 0 Å². The van der Waals surface area contributed by atoms with Crippen LogP contribution in [0.15, 0.2) is 30.3 Å². The normalized spacial score (nSPS) is 14.8. The zero-order valence-corrected chi connectivity index (χ0v) is 20.4. The second kappa shape index (κ2) is 8.98. The minimum atomic E-state index is 0.313. The number of aromatic amines is 2. The van der Waals surface area contributed by atoms with Gasteiger partial charge in [0, 0.05) is 66.2 Å². The molecule has 0 aliphatic carbocycles. The molecule has 1 aromatic carbocycles. The molecule has 0 spiro atoms. The Bertz CT molecular complexity index is 1300. The summed E-state index contributed by atoms with van der Waals surface area (Å²) in [4.78, 5) is 17.4. The molecule has 3 aromatic heterocycles. The standard InChI is InChI=1S/C25H32N8O/c1-15(2)20-13-23(31-30-20)27-22-14-24(33-10-8-32(5)9-11-33)29-25(28-22)34-21-7-6-19-18(17(21)4)12-16(3)26-19/h6-7,12-15,26H,8-11H2,1-5H3,(H2,27,28,29,30,31). The number of nitrogens with one attached hydrogen (secondary N) is 3. The van der Waals surface area contributed by atoms with Gasteiger partial charge in [-0.25, -0.2) is 0 Å². The van der Waals surface area contributed by atoms with Crippen molar-refractivity contribution in [1.29, 1.82) is 0 Å². The van der Waals surface area contributed by atoms with Gasteiger partial charge in [-0.15, -0.1) is 0 Å². The van der Waals surface area contributed by atoms with Gasteiger partial charge >= 0.3 is 6.01 Å². The maximum absolute atomic E-state index is 6.26. The number of piperazine rings is 1. The summed E-state index contributed by atoms with van der Waals surface area (Å²) in [7, 11) is 2.14. The predicted octanol–water partition coefficient (Wildman–Crippen LogP) is 4.71. The Kier molecular flexibility index (Phi) is 5.87. The van der Waals surface area contributed by atoms with Crippen LogP contribution in [0.1, 0.15) is 36.7 Å². The summed E-state index contributed by atoms with van der Waals surface area (Å²) in [6.07, 6.45) is 0. The Balaban J connectivity index is 1.48. The highest BCUT2D eigenvalue weighted by molar-refractivity contribution is 5.86. The number of benzene rings is 1. The highest BCUT2D eigenvalue weighted by Crippen LogP contribution is 2.32. The third-order valence-electron chi connectivity index (χ3n) is 6.35. The maximum Gasteiger partial charge on any atom is 0.325 e. The summed E-state index contributed by atoms with van der Waals surface area (Å²) in [5, 5.41) is 11.9. The summed E-state index contributed by atoms with van der Waals surface area (Å²) in [5.41, 5.74) is 4.34. The highest BCUT2D eigenvalue weighted by Gasteiger charge is 2.19. The first-order valence-corrected chi connectivity index (χ1v) is 11.8. The first kappa shape index (κ1) is 22.2. The second-order valence-corrected chi connectivity index (χ2v) is 9.38. The number of hydrogen-bond acceptors (Lipinski definition) is 7. The summed E-state index contributed by atoms with van der Waals surface area (Å²) in [5.74, 6) is 3.32. The lowest BCUT2D eigenvalue weighted by Gasteiger charge is -2.33. The number of hydrogen-bond donors (Lipinski definition) is 3. The molecule has 0 atom stereocenters. The highest BCUT2D eigenvalue weighted by atomic mass is 16.5. The van der Waals surface area contributed by atoms with Crippen molar-refractivity contribution >= 4 is 28.4 Å². The summed E-state index contributed by atoms with van der Waals surface area (Å²) < 4.78 is 6.26. The SMILES string of the molecule is Cc1cc2c(C)c(Oc3nc(Nc4cc(C(C)C)[nH]n4)cc(N4CCN(C)CC4)n3)ccc2[nH]1. The van der Waals surface area contributed by atoms with Gasteiger partial charge in [-0.2, -0.15) is 15.1 Å². The van der Waals surface area contributed by atoms with Crippen LogP contribution >= 0.6 is 0 Å². The first-order valence-electron chi connectivity index (χ1n) is 11.8. The van der Waals surface area contributed by atoms with Crippen LogP contribution in [0, 0.1) is 13.8 Å². The fraction of sp³-hybridized carbons (Fsp3) is 0.400. The molecule has 0 radical (unpaired) electrons. The van der Waals surface area contributed by atoms with E-state index in [0.717, 1.165) is 71.4 Å². The number of H-pyrrole nitrogens is 2. The van der Waals surface area contributed by atoms with Crippen LogP contribution in [0.25, 0.3) is 10.9 Å². The Morgan fingerprint density at radius 3 is 2.53 bits per heavy atom. The van der Waals surface area contributed by atoms with Crippen molar-refractivity contribution in [1.82, 2.24) is 30.0 Å². The number of fused-ring (bicyclic) bond motifs is 1. The van der Waals surface area contributed by atoms with Crippen LogP contribution < -0.4 is 15.0 Å². The van der Waals surface area contributed by atoms with Crippen molar-refractivity contribution in [2.24, 2.45) is 0 Å². The Labute approximate surface area is 199 Å². The van der Waals surface area contributed by atoms with Gasteiger partial charge in [0.15, 0.2) is 5.82 Å². The van der Waals surface area contributed by atoms with Crippen LogP contribution in [-0.4, -0.2) is 63.3 Å². The number of ether oxygens (including phenoxy) is 1. The Morgan fingerprint density at radius 2 is 1.79 bits per heavy atom. The number of nitrogens with zero attached hydrogens (tertiary/aromatic N) is 5. The third-order valence-corrected chi connectivity index (χ3v) is 6.35. The van der Waals surface area contributed by atoms with Crippen LogP contribution in [-0.2, 0) is 0 Å². The second-order valence-electron chi connectivity index (χ2n) is 9.38. The molecule has 0 unspecified atom stereocenters. The third kappa shape index (κ3) is 4.56. The molecule has 0 bridgehead atoms. The number of anilines is 3. The molecule has 9 heteroatoms. The quantitative estimate of drug-likeness (QED) is 0.383. The Hall–Kier alpha value is -3.59. The van der Waals surface area contributed by atoms with E-state index in [2.05, 4.69) is 76.1 Å². The topological polar surface area (TPSA) is 98.0 Å². The molecule has 1 saturated heterocycles. The molecule has 1 aliphatic heterocycles. The van der Waals surface area contributed by atoms with Crippen molar-refractivity contribution in [3.05, 3.63) is 47.3 Å². The Morgan fingerprint density at radius 1 is 1.00 bits per heavy atom. The molecule has 0 saturated carbocycles. The van der Waals surface area contributed by atoms with Gasteiger partial charge < -0.3 is 24.8 Å². The minimum Gasteiger partial charge on any atom is -0.424 e. The monoisotopic (exact) mass is 460 g/mol. The fourth-order valence-corrected chi connectivity index (χ4v) is 4.23. The average Bonchev–Trinajstić information content (AvgIpc) is 3.43. The van der Waals surface area contributed by atoms with Gasteiger partial charge in [-0.3, -0.25) is 5.10 Å². The minimum absolute atomic E-state index is 0.313. The molecule has 9 nitrogen and oxygen atoms in total. The van der Waals surface area contributed by atoms with E-state index in [9.17, 15) is 0 Å². The number of likely N-dealkylation sites (N-methyl/N-ethyl adjacent to an activating group) is 1. The number of aryl methyl sites for hydroxylation is 2. The van der Waals surface area contributed by atoms with E-state index in [1.165, 1.54) is 0 Å². The van der Waals surface area contributed by atoms with Crippen molar-refractivity contribution in [3.63, 3.8) is 0 Å². The smallest absolute Gasteiger partial charge is 0.325 e. The number of rotatable bonds is 6. The average molecular weight is 461 g/mol. The molecule has 178 valence electrons. The van der Waals surface area contributed by atoms with Crippen LogP contribution in [0.5, 0.6) is 11.8 Å². The van der Waals surface area contributed by atoms with Gasteiger partial charge in [0.25, 0.3) is 0 Å². The largest absolute Gasteiger partial charge is 0.424 e. The molecule has 3 N–H and O–H groups in total. The molecule has 4 heterocycles. The first-order chi connectivity index (χ1) is 16.4. The van der Waals surface area contributed by atoms with E-state index >= 15 is 0 Å². The number of aromatic nitrogens is 5. The lowest BCUT2D eigenvalue weighted by Crippen LogP contribution is -2.44. The molecule has 5 rings (SSSR count). The van der Waals surface area contributed by atoms with E-state index in [0.29, 0.717) is 17.7 Å². The van der Waals surface area contributed by atoms with Crippen LogP contribution in [0.3, 0.4) is 0 Å². The van der Waals surface area contributed by atoms with Gasteiger partial charge in [-0.1, -0.05) is 13.8 Å². The van der Waals surface area contributed by atoms with E-state index in [1.54, 1.807) is 0 Å². The van der Waals surface area contributed by atoms with Gasteiger partial charge in [0.05, 0.1) is 0 Å². The van der Waals surface area contributed by atoms with Gasteiger partial charge in [-0.05, 0) is 45.0 Å². The predicted molar refractivity (Wildman–Crippen MR) is 136 cm³/mol. The summed E-state index contributed by atoms with van der Waals surface area (Å²) in [6, 6.07) is 10.4. The van der Waals surface area contributed by atoms with Gasteiger partial charge in [0.1, 0.15) is 17.4 Å². The van der Waals surface area contributed by atoms with Crippen LogP contribution in [0.2, 0.25) is 0 Å². The van der Waals surface area contributed by atoms with E-state index < -0.39 is 0 Å². The van der Waals surface area contributed by atoms with Crippen LogP contribution in [0.4, 0.5) is 17.5 Å². The van der Waals surface area contributed by atoms with Gasteiger partial charge in [0.2, 0.25) is 0 Å². The van der Waals surface area contributed by atoms with Crippen molar-refractivity contribution in [2.45, 2.75) is 33.6 Å². The molecule has 0 amide bonds. The zero-order valence-electron chi connectivity index (χ0n) is 20.4. The molecular weight excluding hydrogens is 428 g/mol. The lowest BCUT2D eigenvalue weighted by atomic mass is 10.1. The van der Waals surface area contributed by atoms with Crippen molar-refractivity contribution < 1.29 is 4.74 Å². The molecule has 34 heavy (non-hydrogen) atoms. The van der Waals surface area contributed by atoms with Crippen molar-refractivity contribution in [3.8, 4) is 11.8 Å². The van der Waals surface area contributed by atoms with E-state index in [4.69, 9.17) is 9.72 Å². The summed E-state index contributed by atoms with van der Waals surface area (Å²) in [6.45, 7) is 12.2. The van der Waals surface area contributed by atoms with E-state index in [1.807, 2.05) is 24.3 Å². The fourth-order valence-electron chi connectivity index (χ4n) is 4.23. The maximum atomic E-state index is 6.26. The molecule has 1 fully saturated rings. The lowest BCUT2D eigenvalue weighted by molar-refractivity contribution is 0.311. The summed E-state index contributed by atoms with van der Waals surface area (Å²) >= 11 is 0. The molecule has 1 aliphatic rings. The zero-order chi connectivity index (χ0) is 23.8. The van der Waals surface area contributed by atoms with Crippen molar-refractivity contribution in [2.75, 3.05) is 43.4 Å².